The van der Waals surface area contributed by atoms with E-state index in [0.29, 0.717) is 5.75 Å². The molecule has 2 heteroatoms. The lowest BCUT2D eigenvalue weighted by atomic mass is 10.0. The highest BCUT2D eigenvalue weighted by molar-refractivity contribution is 9.10. The van der Waals surface area contributed by atoms with Gasteiger partial charge >= 0.3 is 0 Å². The maximum atomic E-state index is 9.53. The monoisotopic (exact) mass is 324 g/mol. The van der Waals surface area contributed by atoms with Gasteiger partial charge < -0.3 is 5.11 Å². The quantitative estimate of drug-likeness (QED) is 0.661. The lowest BCUT2D eigenvalue weighted by Crippen LogP contribution is -1.80. The van der Waals surface area contributed by atoms with Crippen LogP contribution >= 0.6 is 15.9 Å². The van der Waals surface area contributed by atoms with Crippen LogP contribution < -0.4 is 0 Å². The highest BCUT2D eigenvalue weighted by Gasteiger charge is 2.01. The van der Waals surface area contributed by atoms with E-state index < -0.39 is 0 Å². The van der Waals surface area contributed by atoms with Gasteiger partial charge in [-0.15, -0.1) is 0 Å². The van der Waals surface area contributed by atoms with Crippen LogP contribution in [0.15, 0.2) is 77.3 Å². The summed E-state index contributed by atoms with van der Waals surface area (Å²) in [6.07, 6.45) is 0. The molecule has 0 aliphatic carbocycles. The second-order valence-electron chi connectivity index (χ2n) is 4.64. The molecular weight excluding hydrogens is 312 g/mol. The zero-order valence-corrected chi connectivity index (χ0v) is 12.3. The van der Waals surface area contributed by atoms with Crippen molar-refractivity contribution in [2.75, 3.05) is 0 Å². The van der Waals surface area contributed by atoms with Crippen LogP contribution in [0.2, 0.25) is 0 Å². The Morgan fingerprint density at radius 1 is 0.600 bits per heavy atom. The first-order valence-corrected chi connectivity index (χ1v) is 7.17. The average molecular weight is 325 g/mol. The molecule has 0 unspecified atom stereocenters. The largest absolute Gasteiger partial charge is 0.508 e. The molecule has 1 N–H and O–H groups in total. The number of phenols is 1. The third-order valence-electron chi connectivity index (χ3n) is 3.22. The third kappa shape index (κ3) is 2.75. The minimum absolute atomic E-state index is 0.290. The SMILES string of the molecule is Oc1cccc(-c2ccc(-c3cccc(Br)c3)cc2)c1. The molecule has 0 heterocycles. The van der Waals surface area contributed by atoms with E-state index >= 15 is 0 Å². The van der Waals surface area contributed by atoms with Crippen LogP contribution in [0.5, 0.6) is 5.75 Å². The number of hydrogen-bond acceptors (Lipinski definition) is 1. The average Bonchev–Trinajstić information content (AvgIpc) is 2.47. The number of rotatable bonds is 2. The van der Waals surface area contributed by atoms with Crippen LogP contribution in [-0.2, 0) is 0 Å². The van der Waals surface area contributed by atoms with Gasteiger partial charge in [0.25, 0.3) is 0 Å². The molecule has 0 radical (unpaired) electrons. The van der Waals surface area contributed by atoms with E-state index in [1.165, 1.54) is 11.1 Å². The Morgan fingerprint density at radius 3 is 1.70 bits per heavy atom. The second kappa shape index (κ2) is 5.51. The lowest BCUT2D eigenvalue weighted by Gasteiger charge is -2.06. The molecule has 3 aromatic carbocycles. The van der Waals surface area contributed by atoms with E-state index in [0.717, 1.165) is 15.6 Å². The van der Waals surface area contributed by atoms with Gasteiger partial charge in [-0.2, -0.15) is 0 Å². The number of benzene rings is 3. The lowest BCUT2D eigenvalue weighted by molar-refractivity contribution is 0.475. The standard InChI is InChI=1S/C18H13BrO/c19-17-5-1-3-15(11-17)13-7-9-14(10-8-13)16-4-2-6-18(20)12-16/h1-12,20H. The normalized spacial score (nSPS) is 10.4. The molecule has 0 aliphatic heterocycles. The van der Waals surface area contributed by atoms with Crippen LogP contribution in [0.25, 0.3) is 22.3 Å². The Labute approximate surface area is 126 Å². The Hall–Kier alpha value is -2.06. The first kappa shape index (κ1) is 12.9. The van der Waals surface area contributed by atoms with E-state index in [2.05, 4.69) is 52.3 Å². The number of halogens is 1. The van der Waals surface area contributed by atoms with Gasteiger partial charge in [-0.05, 0) is 46.5 Å². The molecule has 0 aromatic heterocycles. The highest BCUT2D eigenvalue weighted by Crippen LogP contribution is 2.27. The first-order valence-electron chi connectivity index (χ1n) is 6.38. The van der Waals surface area contributed by atoms with Crippen molar-refractivity contribution in [3.63, 3.8) is 0 Å². The molecule has 0 spiro atoms. The Kier molecular flexibility index (Phi) is 3.57. The number of hydrogen-bond donors (Lipinski definition) is 1. The van der Waals surface area contributed by atoms with Crippen molar-refractivity contribution in [3.05, 3.63) is 77.3 Å². The molecule has 0 fully saturated rings. The Bertz CT molecular complexity index is 668. The molecule has 0 saturated carbocycles. The van der Waals surface area contributed by atoms with Gasteiger partial charge in [0.2, 0.25) is 0 Å². The predicted molar refractivity (Wildman–Crippen MR) is 86.7 cm³/mol. The molecule has 0 aliphatic rings. The molecule has 0 bridgehead atoms. The second-order valence-corrected chi connectivity index (χ2v) is 5.55. The third-order valence-corrected chi connectivity index (χ3v) is 3.72. The minimum atomic E-state index is 0.290. The van der Waals surface area contributed by atoms with Crippen molar-refractivity contribution >= 4 is 15.9 Å². The summed E-state index contributed by atoms with van der Waals surface area (Å²) in [7, 11) is 0. The number of phenolic OH excluding ortho intramolecular Hbond substituents is 1. The maximum Gasteiger partial charge on any atom is 0.116 e. The molecule has 20 heavy (non-hydrogen) atoms. The van der Waals surface area contributed by atoms with Crippen molar-refractivity contribution in [3.8, 4) is 28.0 Å². The minimum Gasteiger partial charge on any atom is -0.508 e. The fraction of sp³-hybridized carbons (Fsp3) is 0. The van der Waals surface area contributed by atoms with Crippen molar-refractivity contribution in [2.24, 2.45) is 0 Å². The fourth-order valence-electron chi connectivity index (χ4n) is 2.21. The topological polar surface area (TPSA) is 20.2 Å². The Morgan fingerprint density at radius 2 is 1.15 bits per heavy atom. The molecule has 1 nitrogen and oxygen atoms in total. The van der Waals surface area contributed by atoms with Gasteiger partial charge in [0.05, 0.1) is 0 Å². The molecule has 98 valence electrons. The smallest absolute Gasteiger partial charge is 0.116 e. The highest BCUT2D eigenvalue weighted by atomic mass is 79.9. The molecular formula is C18H13BrO. The van der Waals surface area contributed by atoms with Gasteiger partial charge in [-0.3, -0.25) is 0 Å². The summed E-state index contributed by atoms with van der Waals surface area (Å²) in [6.45, 7) is 0. The van der Waals surface area contributed by atoms with Gasteiger partial charge in [0, 0.05) is 4.47 Å². The Balaban J connectivity index is 1.96. The number of aromatic hydroxyl groups is 1. The fourth-order valence-corrected chi connectivity index (χ4v) is 2.61. The summed E-state index contributed by atoms with van der Waals surface area (Å²) in [5, 5.41) is 9.53. The van der Waals surface area contributed by atoms with Crippen molar-refractivity contribution in [1.82, 2.24) is 0 Å². The summed E-state index contributed by atoms with van der Waals surface area (Å²) < 4.78 is 1.08. The zero-order chi connectivity index (χ0) is 13.9. The summed E-state index contributed by atoms with van der Waals surface area (Å²) in [6, 6.07) is 23.9. The van der Waals surface area contributed by atoms with Crippen LogP contribution in [0.3, 0.4) is 0 Å². The van der Waals surface area contributed by atoms with Crippen LogP contribution in [0.4, 0.5) is 0 Å². The van der Waals surface area contributed by atoms with Crippen LogP contribution in [0.1, 0.15) is 0 Å². The first-order chi connectivity index (χ1) is 9.72. The summed E-state index contributed by atoms with van der Waals surface area (Å²) >= 11 is 3.49. The van der Waals surface area contributed by atoms with E-state index in [-0.39, 0.29) is 0 Å². The summed E-state index contributed by atoms with van der Waals surface area (Å²) in [4.78, 5) is 0. The molecule has 0 amide bonds. The van der Waals surface area contributed by atoms with Crippen molar-refractivity contribution in [2.45, 2.75) is 0 Å². The van der Waals surface area contributed by atoms with Crippen molar-refractivity contribution in [1.29, 1.82) is 0 Å². The maximum absolute atomic E-state index is 9.53. The van der Waals surface area contributed by atoms with E-state index in [9.17, 15) is 5.11 Å². The van der Waals surface area contributed by atoms with Gasteiger partial charge in [0.1, 0.15) is 5.75 Å². The molecule has 0 atom stereocenters. The van der Waals surface area contributed by atoms with Crippen molar-refractivity contribution < 1.29 is 5.11 Å². The van der Waals surface area contributed by atoms with E-state index in [1.54, 1.807) is 12.1 Å². The van der Waals surface area contributed by atoms with Gasteiger partial charge in [0.15, 0.2) is 0 Å². The summed E-state index contributed by atoms with van der Waals surface area (Å²) in [5.74, 6) is 0.290. The zero-order valence-electron chi connectivity index (χ0n) is 10.8. The van der Waals surface area contributed by atoms with Crippen LogP contribution in [-0.4, -0.2) is 5.11 Å². The van der Waals surface area contributed by atoms with Gasteiger partial charge in [-0.1, -0.05) is 64.5 Å². The molecule has 3 aromatic rings. The van der Waals surface area contributed by atoms with Gasteiger partial charge in [-0.25, -0.2) is 0 Å². The summed E-state index contributed by atoms with van der Waals surface area (Å²) in [5.41, 5.74) is 4.47. The molecule has 3 rings (SSSR count). The van der Waals surface area contributed by atoms with E-state index in [1.807, 2.05) is 24.3 Å². The van der Waals surface area contributed by atoms with E-state index in [4.69, 9.17) is 0 Å². The molecule has 0 saturated heterocycles. The van der Waals surface area contributed by atoms with Crippen LogP contribution in [0, 0.1) is 0 Å². The predicted octanol–water partition coefficient (Wildman–Crippen LogP) is 5.49.